The molecule has 0 radical (unpaired) electrons. The summed E-state index contributed by atoms with van der Waals surface area (Å²) >= 11 is 1.61. The molecule has 19 heavy (non-hydrogen) atoms. The van der Waals surface area contributed by atoms with Crippen LogP contribution in [0.1, 0.15) is 31.7 Å². The van der Waals surface area contributed by atoms with Gasteiger partial charge < -0.3 is 15.3 Å². The minimum Gasteiger partial charge on any atom is -0.481 e. The fourth-order valence-corrected chi connectivity index (χ4v) is 2.34. The Morgan fingerprint density at radius 3 is 2.84 bits per heavy atom. The van der Waals surface area contributed by atoms with Crippen LogP contribution >= 0.6 is 11.3 Å². The molecule has 0 saturated heterocycles. The van der Waals surface area contributed by atoms with Crippen molar-refractivity contribution in [1.29, 1.82) is 0 Å². The molecule has 1 aromatic heterocycles. The number of carbonyl (C=O) groups excluding carboxylic acids is 1. The maximum atomic E-state index is 11.9. The predicted molar refractivity (Wildman–Crippen MR) is 75.3 cm³/mol. The Morgan fingerprint density at radius 2 is 2.26 bits per heavy atom. The molecule has 106 valence electrons. The molecule has 0 saturated carbocycles. The summed E-state index contributed by atoms with van der Waals surface area (Å²) in [6, 6.07) is 1.84. The standard InChI is InChI=1S/C13H20N2O3S/c1-10(4-3-5-12(16)17)14-13(18)15(2)8-11-6-7-19-9-11/h6-7,9-10H,3-5,8H2,1-2H3,(H,14,18)(H,16,17). The first-order valence-corrected chi connectivity index (χ1v) is 7.18. The van der Waals surface area contributed by atoms with Crippen molar-refractivity contribution < 1.29 is 14.7 Å². The highest BCUT2D eigenvalue weighted by Gasteiger charge is 2.12. The van der Waals surface area contributed by atoms with Gasteiger partial charge in [0.2, 0.25) is 0 Å². The number of carbonyl (C=O) groups is 2. The Kier molecular flexibility index (Phi) is 6.35. The second kappa shape index (κ2) is 7.78. The van der Waals surface area contributed by atoms with Gasteiger partial charge in [0.1, 0.15) is 0 Å². The largest absolute Gasteiger partial charge is 0.481 e. The van der Waals surface area contributed by atoms with E-state index in [1.54, 1.807) is 23.3 Å². The third-order valence-electron chi connectivity index (χ3n) is 2.74. The third-order valence-corrected chi connectivity index (χ3v) is 3.48. The van der Waals surface area contributed by atoms with Crippen LogP contribution in [0.4, 0.5) is 4.79 Å². The van der Waals surface area contributed by atoms with Crippen molar-refractivity contribution in [2.75, 3.05) is 7.05 Å². The number of carboxylic acid groups (broad SMARTS) is 1. The Bertz CT molecular complexity index is 406. The maximum absolute atomic E-state index is 11.9. The van der Waals surface area contributed by atoms with Crippen LogP contribution in [0.25, 0.3) is 0 Å². The molecule has 1 unspecified atom stereocenters. The van der Waals surface area contributed by atoms with E-state index in [-0.39, 0.29) is 18.5 Å². The van der Waals surface area contributed by atoms with Crippen molar-refractivity contribution in [3.63, 3.8) is 0 Å². The smallest absolute Gasteiger partial charge is 0.317 e. The van der Waals surface area contributed by atoms with E-state index in [9.17, 15) is 9.59 Å². The lowest BCUT2D eigenvalue weighted by Crippen LogP contribution is -2.41. The van der Waals surface area contributed by atoms with E-state index in [1.165, 1.54) is 0 Å². The minimum atomic E-state index is -0.798. The Morgan fingerprint density at radius 1 is 1.53 bits per heavy atom. The molecule has 0 aliphatic heterocycles. The molecule has 5 nitrogen and oxygen atoms in total. The van der Waals surface area contributed by atoms with E-state index in [1.807, 2.05) is 23.8 Å². The lowest BCUT2D eigenvalue weighted by atomic mass is 10.1. The number of aliphatic carboxylic acids is 1. The number of hydrogen-bond donors (Lipinski definition) is 2. The molecule has 1 atom stereocenters. The molecule has 6 heteroatoms. The topological polar surface area (TPSA) is 69.6 Å². The zero-order valence-electron chi connectivity index (χ0n) is 11.3. The van der Waals surface area contributed by atoms with Crippen molar-refractivity contribution in [3.05, 3.63) is 22.4 Å². The predicted octanol–water partition coefficient (Wildman–Crippen LogP) is 2.53. The van der Waals surface area contributed by atoms with Gasteiger partial charge in [-0.15, -0.1) is 0 Å². The lowest BCUT2D eigenvalue weighted by Gasteiger charge is -2.21. The summed E-state index contributed by atoms with van der Waals surface area (Å²) in [6.07, 6.45) is 1.39. The third kappa shape index (κ3) is 6.24. The molecule has 0 aliphatic rings. The summed E-state index contributed by atoms with van der Waals surface area (Å²) in [5.74, 6) is -0.798. The highest BCUT2D eigenvalue weighted by molar-refractivity contribution is 7.07. The number of nitrogens with zero attached hydrogens (tertiary/aromatic N) is 1. The van der Waals surface area contributed by atoms with Gasteiger partial charge in [-0.2, -0.15) is 11.3 Å². The minimum absolute atomic E-state index is 0.0169. The molecule has 2 amide bonds. The van der Waals surface area contributed by atoms with Crippen molar-refractivity contribution >= 4 is 23.3 Å². The molecular weight excluding hydrogens is 264 g/mol. The average molecular weight is 284 g/mol. The van der Waals surface area contributed by atoms with Crippen LogP contribution < -0.4 is 5.32 Å². The SMILES string of the molecule is CC(CCCC(=O)O)NC(=O)N(C)Cc1ccsc1. The Balaban J connectivity index is 2.27. The molecule has 0 spiro atoms. The zero-order chi connectivity index (χ0) is 14.3. The van der Waals surface area contributed by atoms with Gasteiger partial charge in [0.05, 0.1) is 0 Å². The van der Waals surface area contributed by atoms with E-state index in [2.05, 4.69) is 5.32 Å². The summed E-state index contributed by atoms with van der Waals surface area (Å²) in [4.78, 5) is 23.9. The highest BCUT2D eigenvalue weighted by atomic mass is 32.1. The fourth-order valence-electron chi connectivity index (χ4n) is 1.68. The molecular formula is C13H20N2O3S. The summed E-state index contributed by atoms with van der Waals surface area (Å²) in [7, 11) is 1.75. The lowest BCUT2D eigenvalue weighted by molar-refractivity contribution is -0.137. The van der Waals surface area contributed by atoms with E-state index in [0.717, 1.165) is 5.56 Å². The van der Waals surface area contributed by atoms with Crippen LogP contribution in [-0.4, -0.2) is 35.1 Å². The van der Waals surface area contributed by atoms with Crippen LogP contribution in [-0.2, 0) is 11.3 Å². The summed E-state index contributed by atoms with van der Waals surface area (Å²) in [6.45, 7) is 2.47. The van der Waals surface area contributed by atoms with Gasteiger partial charge in [-0.1, -0.05) is 0 Å². The first kappa shape index (κ1) is 15.5. The van der Waals surface area contributed by atoms with Crippen molar-refractivity contribution in [2.45, 2.75) is 38.8 Å². The molecule has 2 N–H and O–H groups in total. The summed E-state index contributed by atoms with van der Waals surface area (Å²) in [5.41, 5.74) is 1.11. The first-order chi connectivity index (χ1) is 8.99. The quantitative estimate of drug-likeness (QED) is 0.808. The fraction of sp³-hybridized carbons (Fsp3) is 0.538. The molecule has 0 bridgehead atoms. The number of amides is 2. The molecule has 1 rings (SSSR count). The summed E-state index contributed by atoms with van der Waals surface area (Å²) < 4.78 is 0. The number of thiophene rings is 1. The van der Waals surface area contributed by atoms with Crippen LogP contribution in [0.15, 0.2) is 16.8 Å². The van der Waals surface area contributed by atoms with Gasteiger partial charge in [-0.3, -0.25) is 4.79 Å². The van der Waals surface area contributed by atoms with Crippen molar-refractivity contribution in [1.82, 2.24) is 10.2 Å². The molecule has 1 heterocycles. The average Bonchev–Trinajstić information content (AvgIpc) is 2.81. The number of urea groups is 1. The maximum Gasteiger partial charge on any atom is 0.317 e. The van der Waals surface area contributed by atoms with E-state index >= 15 is 0 Å². The van der Waals surface area contributed by atoms with E-state index in [0.29, 0.717) is 19.4 Å². The van der Waals surface area contributed by atoms with Gasteiger partial charge in [-0.05, 0) is 42.2 Å². The highest BCUT2D eigenvalue weighted by Crippen LogP contribution is 2.09. The molecule has 1 aromatic rings. The van der Waals surface area contributed by atoms with Crippen molar-refractivity contribution in [2.24, 2.45) is 0 Å². The van der Waals surface area contributed by atoms with Crippen LogP contribution in [0, 0.1) is 0 Å². The van der Waals surface area contributed by atoms with Crippen LogP contribution in [0.5, 0.6) is 0 Å². The molecule has 0 fully saturated rings. The van der Waals surface area contributed by atoms with E-state index in [4.69, 9.17) is 5.11 Å². The number of carboxylic acids is 1. The normalized spacial score (nSPS) is 11.9. The van der Waals surface area contributed by atoms with Crippen molar-refractivity contribution in [3.8, 4) is 0 Å². The zero-order valence-corrected chi connectivity index (χ0v) is 12.1. The Labute approximate surface area is 117 Å². The van der Waals surface area contributed by atoms with Crippen LogP contribution in [0.2, 0.25) is 0 Å². The Hall–Kier alpha value is -1.56. The second-order valence-electron chi connectivity index (χ2n) is 4.62. The molecule has 0 aliphatic carbocycles. The van der Waals surface area contributed by atoms with Gasteiger partial charge in [-0.25, -0.2) is 4.79 Å². The number of hydrogen-bond acceptors (Lipinski definition) is 3. The number of rotatable bonds is 7. The van der Waals surface area contributed by atoms with Gasteiger partial charge in [0, 0.05) is 26.1 Å². The van der Waals surface area contributed by atoms with Gasteiger partial charge in [0.15, 0.2) is 0 Å². The monoisotopic (exact) mass is 284 g/mol. The van der Waals surface area contributed by atoms with Crippen LogP contribution in [0.3, 0.4) is 0 Å². The first-order valence-electron chi connectivity index (χ1n) is 6.23. The molecule has 0 aromatic carbocycles. The van der Waals surface area contributed by atoms with Gasteiger partial charge in [0.25, 0.3) is 0 Å². The second-order valence-corrected chi connectivity index (χ2v) is 5.40. The number of nitrogens with one attached hydrogen (secondary N) is 1. The summed E-state index contributed by atoms with van der Waals surface area (Å²) in [5, 5.41) is 15.4. The van der Waals surface area contributed by atoms with Gasteiger partial charge >= 0.3 is 12.0 Å². The van der Waals surface area contributed by atoms with E-state index < -0.39 is 5.97 Å².